The Morgan fingerprint density at radius 2 is 1.46 bits per heavy atom. The number of piperidine rings is 2. The van der Waals surface area contributed by atoms with Crippen LogP contribution in [0.1, 0.15) is 74.9 Å². The number of rotatable bonds is 3. The van der Waals surface area contributed by atoms with Gasteiger partial charge in [0.2, 0.25) is 23.6 Å². The fourth-order valence-electron chi connectivity index (χ4n) is 3.71. The van der Waals surface area contributed by atoms with E-state index in [1.807, 2.05) is 24.3 Å². The summed E-state index contributed by atoms with van der Waals surface area (Å²) in [5.74, 6) is -2.15. The van der Waals surface area contributed by atoms with E-state index < -0.39 is 41.4 Å². The molecular weight excluding hydrogens is 664 g/mol. The van der Waals surface area contributed by atoms with E-state index in [4.69, 9.17) is 4.74 Å². The van der Waals surface area contributed by atoms with E-state index in [2.05, 4.69) is 37.2 Å². The smallest absolute Gasteiger partial charge is 0.424 e. The molecule has 220 valence electrons. The van der Waals surface area contributed by atoms with Crippen LogP contribution in [0, 0.1) is 5.92 Å². The van der Waals surface area contributed by atoms with Crippen LogP contribution in [0.2, 0.25) is 0 Å². The van der Waals surface area contributed by atoms with Crippen molar-refractivity contribution < 1.29 is 38.6 Å². The van der Waals surface area contributed by atoms with Crippen molar-refractivity contribution >= 4 is 67.9 Å². The average molecular weight is 696 g/mol. The lowest BCUT2D eigenvalue weighted by atomic mass is 9.88. The van der Waals surface area contributed by atoms with Gasteiger partial charge >= 0.3 is 6.09 Å². The summed E-state index contributed by atoms with van der Waals surface area (Å²) in [6.07, 6.45) is 0.735. The van der Waals surface area contributed by atoms with Gasteiger partial charge in [0.05, 0.1) is 12.0 Å². The number of nitrogens with zero attached hydrogens (tertiary/aromatic N) is 1. The first kappa shape index (κ1) is 34.0. The van der Waals surface area contributed by atoms with Crippen LogP contribution in [-0.2, 0) is 23.9 Å². The molecule has 2 aromatic carbocycles. The Bertz CT molecular complexity index is 1240. The largest absolute Gasteiger partial charge is 0.443 e. The third-order valence-electron chi connectivity index (χ3n) is 5.74. The molecule has 2 unspecified atom stereocenters. The van der Waals surface area contributed by atoms with Gasteiger partial charge in [-0.15, -0.1) is 0 Å². The summed E-state index contributed by atoms with van der Waals surface area (Å²) in [6, 6.07) is 14.3. The zero-order valence-electron chi connectivity index (χ0n) is 22.9. The topological polar surface area (TPSA) is 147 Å². The van der Waals surface area contributed by atoms with Crippen LogP contribution in [0.4, 0.5) is 4.79 Å². The molecule has 2 aromatic rings. The van der Waals surface area contributed by atoms with Gasteiger partial charge in [0.15, 0.2) is 0 Å². The Morgan fingerprint density at radius 3 is 1.93 bits per heavy atom. The Balaban J connectivity index is 0.000000225. The van der Waals surface area contributed by atoms with Crippen LogP contribution in [0.25, 0.3) is 0 Å². The molecule has 2 N–H and O–H groups in total. The van der Waals surface area contributed by atoms with Gasteiger partial charge in [-0.3, -0.25) is 29.3 Å². The quantitative estimate of drug-likeness (QED) is 0.327. The number of aldehydes is 1. The highest BCUT2D eigenvalue weighted by molar-refractivity contribution is 9.10. The summed E-state index contributed by atoms with van der Waals surface area (Å²) in [6.45, 7) is 5.05. The summed E-state index contributed by atoms with van der Waals surface area (Å²) >= 11 is 6.56. The van der Waals surface area contributed by atoms with E-state index in [1.165, 1.54) is 0 Å². The number of aliphatic hydroxyl groups is 1. The number of benzene rings is 2. The molecule has 4 rings (SSSR count). The van der Waals surface area contributed by atoms with Crippen molar-refractivity contribution in [3.63, 3.8) is 0 Å². The van der Waals surface area contributed by atoms with Crippen molar-refractivity contribution in [2.75, 3.05) is 0 Å². The van der Waals surface area contributed by atoms with E-state index in [-0.39, 0.29) is 25.2 Å². The number of halogens is 2. The molecule has 5 amide bonds. The standard InChI is InChI=1S/C12H12BrNO3.C10H15NO4.C7H5BrO/c13-8-3-1-7(2-4-8)11(16)9-5-6-10(15)14-12(9)17;1-10(2,3)15-9(14)11-7(12)5-4-6-8(11)13;8-7-3-1-6(5-9)2-4-7/h1-4,9,11,16H,5-6H2,(H,14,15,17);4-6H2,1-3H3;1-5H. The van der Waals surface area contributed by atoms with Crippen molar-refractivity contribution in [2.45, 2.75) is 64.6 Å². The van der Waals surface area contributed by atoms with E-state index in [1.54, 1.807) is 45.0 Å². The maximum atomic E-state index is 11.6. The number of nitrogens with one attached hydrogen (secondary N) is 1. The Kier molecular flexibility index (Phi) is 13.0. The van der Waals surface area contributed by atoms with Crippen molar-refractivity contribution in [1.29, 1.82) is 0 Å². The monoisotopic (exact) mass is 694 g/mol. The second kappa shape index (κ2) is 15.7. The zero-order chi connectivity index (χ0) is 30.7. The molecule has 2 atom stereocenters. The molecule has 0 spiro atoms. The number of likely N-dealkylation sites (tertiary alicyclic amines) is 1. The van der Waals surface area contributed by atoms with Gasteiger partial charge in [-0.25, -0.2) is 4.79 Å². The van der Waals surface area contributed by atoms with Crippen LogP contribution < -0.4 is 5.32 Å². The second-order valence-corrected chi connectivity index (χ2v) is 12.0. The van der Waals surface area contributed by atoms with Crippen LogP contribution in [0.15, 0.2) is 57.5 Å². The zero-order valence-corrected chi connectivity index (χ0v) is 26.1. The van der Waals surface area contributed by atoms with Crippen LogP contribution in [0.3, 0.4) is 0 Å². The Labute approximate surface area is 255 Å². The number of hydrogen-bond acceptors (Lipinski definition) is 8. The Morgan fingerprint density at radius 1 is 0.951 bits per heavy atom. The molecule has 2 saturated heterocycles. The highest BCUT2D eigenvalue weighted by Crippen LogP contribution is 2.29. The van der Waals surface area contributed by atoms with Crippen molar-refractivity contribution in [3.8, 4) is 0 Å². The molecule has 2 aliphatic rings. The number of ether oxygens (including phenoxy) is 1. The lowest BCUT2D eigenvalue weighted by Gasteiger charge is -2.26. The van der Waals surface area contributed by atoms with E-state index in [0.717, 1.165) is 15.2 Å². The van der Waals surface area contributed by atoms with Crippen LogP contribution in [0.5, 0.6) is 0 Å². The first-order valence-corrected chi connectivity index (χ1v) is 14.4. The number of hydrogen-bond donors (Lipinski definition) is 2. The number of aliphatic hydroxyl groups excluding tert-OH is 1. The molecule has 0 bridgehead atoms. The number of carbonyl (C=O) groups excluding carboxylic acids is 6. The summed E-state index contributed by atoms with van der Waals surface area (Å²) < 4.78 is 6.87. The van der Waals surface area contributed by atoms with Gasteiger partial charge in [0, 0.05) is 33.8 Å². The van der Waals surface area contributed by atoms with Gasteiger partial charge in [-0.1, -0.05) is 56.1 Å². The van der Waals surface area contributed by atoms with Gasteiger partial charge in [-0.2, -0.15) is 4.90 Å². The molecule has 0 radical (unpaired) electrons. The predicted octanol–water partition coefficient (Wildman–Crippen LogP) is 5.26. The Hall–Kier alpha value is -3.22. The normalized spacial score (nSPS) is 17.7. The molecular formula is C29H32Br2N2O8. The lowest BCUT2D eigenvalue weighted by molar-refractivity contribution is -0.146. The molecule has 10 nitrogen and oxygen atoms in total. The summed E-state index contributed by atoms with van der Waals surface area (Å²) in [4.78, 5) is 67.5. The summed E-state index contributed by atoms with van der Waals surface area (Å²) in [7, 11) is 0. The maximum absolute atomic E-state index is 11.6. The molecule has 2 fully saturated rings. The minimum atomic E-state index is -0.865. The SMILES string of the molecule is CC(C)(C)OC(=O)N1C(=O)CCCC1=O.O=C1CCC(C(O)c2ccc(Br)cc2)C(=O)N1.O=Cc1ccc(Br)cc1. The fourth-order valence-corrected chi connectivity index (χ4v) is 4.24. The predicted molar refractivity (Wildman–Crippen MR) is 156 cm³/mol. The minimum absolute atomic E-state index is 0.227. The molecule has 0 aliphatic carbocycles. The van der Waals surface area contributed by atoms with Crippen molar-refractivity contribution in [2.24, 2.45) is 5.92 Å². The third-order valence-corrected chi connectivity index (χ3v) is 6.79. The third kappa shape index (κ3) is 11.3. The van der Waals surface area contributed by atoms with Gasteiger partial charge in [0.25, 0.3) is 0 Å². The average Bonchev–Trinajstić information content (AvgIpc) is 2.89. The first-order chi connectivity index (χ1) is 19.2. The summed E-state index contributed by atoms with van der Waals surface area (Å²) in [5.41, 5.74) is 0.690. The van der Waals surface area contributed by atoms with E-state index in [0.29, 0.717) is 28.9 Å². The molecule has 2 heterocycles. The molecule has 0 saturated carbocycles. The second-order valence-electron chi connectivity index (χ2n) is 10.2. The minimum Gasteiger partial charge on any atom is -0.443 e. The van der Waals surface area contributed by atoms with Gasteiger partial charge in [-0.05, 0) is 63.4 Å². The molecule has 2 aliphatic heterocycles. The highest BCUT2D eigenvalue weighted by Gasteiger charge is 2.35. The van der Waals surface area contributed by atoms with Crippen LogP contribution in [-0.4, -0.2) is 51.6 Å². The number of carbonyl (C=O) groups is 6. The van der Waals surface area contributed by atoms with E-state index in [9.17, 15) is 33.9 Å². The van der Waals surface area contributed by atoms with Crippen molar-refractivity contribution in [3.05, 3.63) is 68.6 Å². The fraction of sp³-hybridized carbons (Fsp3) is 0.379. The van der Waals surface area contributed by atoms with Gasteiger partial charge < -0.3 is 9.84 Å². The highest BCUT2D eigenvalue weighted by atomic mass is 79.9. The maximum Gasteiger partial charge on any atom is 0.424 e. The molecule has 0 aromatic heterocycles. The lowest BCUT2D eigenvalue weighted by Crippen LogP contribution is -2.46. The first-order valence-electron chi connectivity index (χ1n) is 12.8. The van der Waals surface area contributed by atoms with Gasteiger partial charge in [0.1, 0.15) is 11.9 Å². The summed E-state index contributed by atoms with van der Waals surface area (Å²) in [5, 5.41) is 12.3. The van der Waals surface area contributed by atoms with Crippen molar-refractivity contribution in [1.82, 2.24) is 10.2 Å². The van der Waals surface area contributed by atoms with Crippen LogP contribution >= 0.6 is 31.9 Å². The number of imide groups is 4. The molecule has 12 heteroatoms. The molecule has 41 heavy (non-hydrogen) atoms. The van der Waals surface area contributed by atoms with E-state index >= 15 is 0 Å². The number of amides is 5.